The number of unbranched alkanes of at least 4 members (excludes halogenated alkanes) is 27. The first-order valence-electron chi connectivity index (χ1n) is 29.1. The van der Waals surface area contributed by atoms with Crippen molar-refractivity contribution in [3.8, 4) is 0 Å². The van der Waals surface area contributed by atoms with E-state index in [2.05, 4.69) is 98.9 Å². The van der Waals surface area contributed by atoms with Crippen LogP contribution in [-0.2, 0) is 32.7 Å². The summed E-state index contributed by atoms with van der Waals surface area (Å²) in [4.78, 5) is 35.0. The smallest absolute Gasteiger partial charge is 0.462 e. The molecule has 410 valence electrons. The molecule has 0 aromatic rings. The molecule has 0 heterocycles. The van der Waals surface area contributed by atoms with Crippen LogP contribution in [0, 0.1) is 0 Å². The third kappa shape index (κ3) is 56.3. The molecule has 0 aromatic heterocycles. The number of allylic oxidation sites excluding steroid dienone is 14. The van der Waals surface area contributed by atoms with Gasteiger partial charge < -0.3 is 20.1 Å². The maximum absolute atomic E-state index is 12.7. The first-order valence-corrected chi connectivity index (χ1v) is 30.6. The Morgan fingerprint density at radius 3 is 1.10 bits per heavy atom. The molecule has 9 nitrogen and oxygen atoms in total. The van der Waals surface area contributed by atoms with Gasteiger partial charge in [0.1, 0.15) is 6.61 Å². The first-order chi connectivity index (χ1) is 34.8. The van der Waals surface area contributed by atoms with E-state index in [0.29, 0.717) is 12.8 Å². The lowest BCUT2D eigenvalue weighted by Gasteiger charge is -2.19. The minimum atomic E-state index is -4.39. The molecule has 0 aromatic carbocycles. The zero-order chi connectivity index (χ0) is 51.7. The maximum Gasteiger partial charge on any atom is 0.472 e. The second kappa shape index (κ2) is 56.5. The summed E-state index contributed by atoms with van der Waals surface area (Å²) in [5.41, 5.74) is 5.37. The van der Waals surface area contributed by atoms with E-state index in [1.54, 1.807) is 0 Å². The van der Waals surface area contributed by atoms with Crippen molar-refractivity contribution in [3.05, 3.63) is 85.1 Å². The number of carbonyl (C=O) groups excluding carboxylic acids is 2. The fourth-order valence-corrected chi connectivity index (χ4v) is 8.82. The van der Waals surface area contributed by atoms with Gasteiger partial charge in [0.2, 0.25) is 0 Å². The molecule has 0 aliphatic rings. The number of phosphoric ester groups is 1. The molecule has 0 aliphatic heterocycles. The van der Waals surface area contributed by atoms with Crippen molar-refractivity contribution in [2.24, 2.45) is 5.73 Å². The first kappa shape index (κ1) is 68.2. The van der Waals surface area contributed by atoms with Gasteiger partial charge in [0.15, 0.2) is 6.10 Å². The Morgan fingerprint density at radius 2 is 0.732 bits per heavy atom. The number of hydrogen-bond donors (Lipinski definition) is 2. The number of rotatable bonds is 54. The van der Waals surface area contributed by atoms with Crippen molar-refractivity contribution >= 4 is 19.8 Å². The molecule has 0 spiro atoms. The van der Waals surface area contributed by atoms with Crippen LogP contribution in [0.2, 0.25) is 0 Å². The number of carbonyl (C=O) groups is 2. The van der Waals surface area contributed by atoms with Gasteiger partial charge in [0, 0.05) is 19.4 Å². The highest BCUT2D eigenvalue weighted by molar-refractivity contribution is 7.47. The molecule has 0 radical (unpaired) electrons. The molecule has 0 rings (SSSR count). The molecular formula is C61H108NO8P. The molecular weight excluding hydrogens is 906 g/mol. The summed E-state index contributed by atoms with van der Waals surface area (Å²) in [7, 11) is -4.39. The zero-order valence-electron chi connectivity index (χ0n) is 45.7. The predicted octanol–water partition coefficient (Wildman–Crippen LogP) is 18.3. The normalized spacial score (nSPS) is 13.7. The fourth-order valence-electron chi connectivity index (χ4n) is 8.05. The van der Waals surface area contributed by atoms with Crippen LogP contribution < -0.4 is 5.73 Å². The lowest BCUT2D eigenvalue weighted by atomic mass is 10.0. The van der Waals surface area contributed by atoms with E-state index >= 15 is 0 Å². The van der Waals surface area contributed by atoms with Crippen LogP contribution in [0.3, 0.4) is 0 Å². The van der Waals surface area contributed by atoms with Gasteiger partial charge in [-0.05, 0) is 83.5 Å². The number of hydrogen-bond acceptors (Lipinski definition) is 8. The van der Waals surface area contributed by atoms with Crippen molar-refractivity contribution in [2.75, 3.05) is 26.4 Å². The monoisotopic (exact) mass is 1010 g/mol. The fraction of sp³-hybridized carbons (Fsp3) is 0.738. The Morgan fingerprint density at radius 1 is 0.423 bits per heavy atom. The zero-order valence-corrected chi connectivity index (χ0v) is 46.6. The average Bonchev–Trinajstić information content (AvgIpc) is 3.36. The molecule has 2 unspecified atom stereocenters. The van der Waals surface area contributed by atoms with Crippen LogP contribution in [0.15, 0.2) is 85.1 Å². The third-order valence-electron chi connectivity index (χ3n) is 12.3. The molecule has 0 saturated heterocycles. The largest absolute Gasteiger partial charge is 0.472 e. The highest BCUT2D eigenvalue weighted by Crippen LogP contribution is 2.43. The molecule has 0 fully saturated rings. The second-order valence-electron chi connectivity index (χ2n) is 19.1. The molecule has 0 amide bonds. The minimum Gasteiger partial charge on any atom is -0.462 e. The lowest BCUT2D eigenvalue weighted by Crippen LogP contribution is -2.29. The van der Waals surface area contributed by atoms with E-state index in [1.807, 2.05) is 0 Å². The summed E-state index contributed by atoms with van der Waals surface area (Å²) >= 11 is 0. The van der Waals surface area contributed by atoms with Crippen molar-refractivity contribution in [3.63, 3.8) is 0 Å². The van der Waals surface area contributed by atoms with Crippen molar-refractivity contribution in [2.45, 2.75) is 264 Å². The lowest BCUT2D eigenvalue weighted by molar-refractivity contribution is -0.161. The Bertz CT molecular complexity index is 1440. The minimum absolute atomic E-state index is 0.0477. The molecule has 10 heteroatoms. The van der Waals surface area contributed by atoms with Gasteiger partial charge in [0.05, 0.1) is 13.2 Å². The number of ether oxygens (including phenoxy) is 2. The Labute approximate surface area is 436 Å². The molecule has 0 saturated carbocycles. The molecule has 2 atom stereocenters. The highest BCUT2D eigenvalue weighted by Gasteiger charge is 2.26. The molecule has 0 bridgehead atoms. The van der Waals surface area contributed by atoms with E-state index in [9.17, 15) is 19.0 Å². The summed E-state index contributed by atoms with van der Waals surface area (Å²) in [5, 5.41) is 0. The van der Waals surface area contributed by atoms with Gasteiger partial charge in [0.25, 0.3) is 0 Å². The highest BCUT2D eigenvalue weighted by atomic mass is 31.2. The number of nitrogens with two attached hydrogens (primary N) is 1. The summed E-state index contributed by atoms with van der Waals surface area (Å²) < 4.78 is 32.9. The van der Waals surface area contributed by atoms with Crippen molar-refractivity contribution in [1.29, 1.82) is 0 Å². The SMILES string of the molecule is CC/C=C\C/C=C\C/C=C\C/C=C\CCCCCCCCCCCCCCCCCCCCCCCCCCC(=O)OC(COC(=O)CCCCC/C=C\C/C=C\C/C=C\CC)COP(=O)(O)OCCN. The maximum atomic E-state index is 12.7. The van der Waals surface area contributed by atoms with Crippen LogP contribution in [0.5, 0.6) is 0 Å². The Hall–Kier alpha value is -2.81. The van der Waals surface area contributed by atoms with Gasteiger partial charge in [-0.2, -0.15) is 0 Å². The topological polar surface area (TPSA) is 134 Å². The summed E-state index contributed by atoms with van der Waals surface area (Å²) in [6.45, 7) is 3.49. The third-order valence-corrected chi connectivity index (χ3v) is 13.3. The summed E-state index contributed by atoms with van der Waals surface area (Å²) in [5.74, 6) is -0.858. The summed E-state index contributed by atoms with van der Waals surface area (Å²) in [6, 6.07) is 0. The van der Waals surface area contributed by atoms with Gasteiger partial charge in [-0.25, -0.2) is 4.57 Å². The molecule has 3 N–H and O–H groups in total. The Kier molecular flexibility index (Phi) is 54.2. The Balaban J connectivity index is 3.80. The number of phosphoric acid groups is 1. The van der Waals surface area contributed by atoms with Crippen LogP contribution >= 0.6 is 7.82 Å². The average molecular weight is 1010 g/mol. The second-order valence-corrected chi connectivity index (χ2v) is 20.6. The van der Waals surface area contributed by atoms with Crippen molar-refractivity contribution in [1.82, 2.24) is 0 Å². The van der Waals surface area contributed by atoms with Gasteiger partial charge >= 0.3 is 19.8 Å². The van der Waals surface area contributed by atoms with Crippen LogP contribution in [0.25, 0.3) is 0 Å². The predicted molar refractivity (Wildman–Crippen MR) is 302 cm³/mol. The van der Waals surface area contributed by atoms with E-state index in [1.165, 1.54) is 135 Å². The van der Waals surface area contributed by atoms with Crippen molar-refractivity contribution < 1.29 is 37.6 Å². The molecule has 71 heavy (non-hydrogen) atoms. The van der Waals surface area contributed by atoms with E-state index in [4.69, 9.17) is 24.3 Å². The van der Waals surface area contributed by atoms with Crippen LogP contribution in [0.1, 0.15) is 258 Å². The standard InChI is InChI=1S/C61H108NO8P/c1-3-5-7-9-11-13-15-17-18-19-20-21-22-23-24-25-26-27-28-29-30-31-32-33-34-35-36-37-38-39-40-42-44-46-48-50-52-54-61(64)70-59(58-69-71(65,66)68-56-55-62)57-67-60(63)53-51-49-47-45-43-41-16-14-12-10-8-6-4-2/h5-8,11-14,17-18,20-21,41,43,59H,3-4,9-10,15-16,19,22-40,42,44-58,62H2,1-2H3,(H,65,66)/b7-5-,8-6-,13-11-,14-12-,18-17-,21-20-,43-41-. The van der Waals surface area contributed by atoms with Gasteiger partial charge in [-0.3, -0.25) is 18.6 Å². The van der Waals surface area contributed by atoms with Gasteiger partial charge in [-0.15, -0.1) is 0 Å². The molecule has 0 aliphatic carbocycles. The van der Waals surface area contributed by atoms with E-state index in [0.717, 1.165) is 83.5 Å². The van der Waals surface area contributed by atoms with Crippen LogP contribution in [-0.4, -0.2) is 49.3 Å². The summed E-state index contributed by atoms with van der Waals surface area (Å²) in [6.07, 6.45) is 73.9. The number of esters is 2. The van der Waals surface area contributed by atoms with Crippen LogP contribution in [0.4, 0.5) is 0 Å². The van der Waals surface area contributed by atoms with E-state index in [-0.39, 0.29) is 32.6 Å². The quantitative estimate of drug-likeness (QED) is 0.0264. The van der Waals surface area contributed by atoms with E-state index < -0.39 is 32.5 Å². The van der Waals surface area contributed by atoms with Gasteiger partial charge in [-0.1, -0.05) is 247 Å².